The lowest BCUT2D eigenvalue weighted by atomic mass is 9.92. The first-order chi connectivity index (χ1) is 21.4. The standard InChI is InChI=1S/C34H40ClN7O2/c1-5-31(43)42-18-17-41(21-26(42)19-36-3)33-27-15-16-40(30-14-7-10-24-9-6-13-28(35)32(24)30)22-29(27)37-34(38-33)44-23(2)20-39(4)25-11-8-12-25/h5-7,9-10,13-14,23,25-26H,1,8,11-12,15-22H2,2,4H3/t23-,26-/m0/s1. The van der Waals surface area contributed by atoms with Crippen molar-refractivity contribution in [2.75, 3.05) is 56.1 Å². The molecule has 0 radical (unpaired) electrons. The average molecular weight is 614 g/mol. The number of halogens is 1. The number of rotatable bonds is 9. The lowest BCUT2D eigenvalue weighted by molar-refractivity contribution is -0.128. The first-order valence-corrected chi connectivity index (χ1v) is 15.9. The summed E-state index contributed by atoms with van der Waals surface area (Å²) in [5.41, 5.74) is 3.13. The van der Waals surface area contributed by atoms with Crippen molar-refractivity contribution in [1.82, 2.24) is 19.8 Å². The summed E-state index contributed by atoms with van der Waals surface area (Å²) in [6.07, 6.45) is 5.78. The summed E-state index contributed by atoms with van der Waals surface area (Å²) in [4.78, 5) is 34.9. The minimum absolute atomic E-state index is 0.0833. The molecule has 0 unspecified atom stereocenters. The Bertz CT molecular complexity index is 1580. The second-order valence-electron chi connectivity index (χ2n) is 12.2. The molecule has 2 aromatic carbocycles. The second kappa shape index (κ2) is 13.0. The Kier molecular flexibility index (Phi) is 8.92. The van der Waals surface area contributed by atoms with Crippen LogP contribution in [0.25, 0.3) is 15.6 Å². The number of hydrogen-bond acceptors (Lipinski definition) is 7. The number of aromatic nitrogens is 2. The number of amides is 1. The predicted molar refractivity (Wildman–Crippen MR) is 175 cm³/mol. The van der Waals surface area contributed by atoms with Crippen LogP contribution in [-0.4, -0.2) is 90.2 Å². The van der Waals surface area contributed by atoms with Crippen molar-refractivity contribution in [1.29, 1.82) is 0 Å². The third kappa shape index (κ3) is 6.06. The highest BCUT2D eigenvalue weighted by atomic mass is 35.5. The summed E-state index contributed by atoms with van der Waals surface area (Å²) < 4.78 is 6.43. The van der Waals surface area contributed by atoms with E-state index in [9.17, 15) is 4.79 Å². The molecule has 1 saturated heterocycles. The molecule has 0 bridgehead atoms. The molecule has 2 fully saturated rings. The molecule has 2 aliphatic heterocycles. The molecule has 0 spiro atoms. The summed E-state index contributed by atoms with van der Waals surface area (Å²) >= 11 is 6.71. The van der Waals surface area contributed by atoms with E-state index in [2.05, 4.69) is 64.4 Å². The van der Waals surface area contributed by atoms with Gasteiger partial charge in [0.1, 0.15) is 18.0 Å². The molecule has 230 valence electrons. The van der Waals surface area contributed by atoms with E-state index in [1.54, 1.807) is 4.90 Å². The largest absolute Gasteiger partial charge is 0.459 e. The Morgan fingerprint density at radius 1 is 1.20 bits per heavy atom. The summed E-state index contributed by atoms with van der Waals surface area (Å²) in [5.74, 6) is 0.710. The molecule has 9 nitrogen and oxygen atoms in total. The van der Waals surface area contributed by atoms with Crippen molar-refractivity contribution in [2.45, 2.75) is 57.3 Å². The van der Waals surface area contributed by atoms with Gasteiger partial charge in [-0.15, -0.1) is 0 Å². The number of carbonyl (C=O) groups is 1. The van der Waals surface area contributed by atoms with Crippen LogP contribution in [0, 0.1) is 6.57 Å². The van der Waals surface area contributed by atoms with E-state index in [4.69, 9.17) is 32.9 Å². The first kappa shape index (κ1) is 30.2. The highest BCUT2D eigenvalue weighted by Gasteiger charge is 2.35. The van der Waals surface area contributed by atoms with E-state index in [0.717, 1.165) is 58.1 Å². The van der Waals surface area contributed by atoms with Gasteiger partial charge in [-0.05, 0) is 56.8 Å². The zero-order valence-electron chi connectivity index (χ0n) is 25.6. The molecular weight excluding hydrogens is 574 g/mol. The van der Waals surface area contributed by atoms with Crippen LogP contribution in [0.5, 0.6) is 6.01 Å². The van der Waals surface area contributed by atoms with Gasteiger partial charge in [-0.2, -0.15) is 9.97 Å². The van der Waals surface area contributed by atoms with E-state index in [1.165, 1.54) is 25.3 Å². The van der Waals surface area contributed by atoms with Crippen molar-refractivity contribution in [3.63, 3.8) is 0 Å². The Morgan fingerprint density at radius 3 is 2.73 bits per heavy atom. The Labute approximate surface area is 264 Å². The maximum atomic E-state index is 12.6. The molecule has 3 heterocycles. The number of likely N-dealkylation sites (N-methyl/N-ethyl adjacent to an activating group) is 1. The van der Waals surface area contributed by atoms with Crippen LogP contribution >= 0.6 is 11.6 Å². The molecule has 1 saturated carbocycles. The number of carbonyl (C=O) groups excluding carboxylic acids is 1. The van der Waals surface area contributed by atoms with Gasteiger partial charge in [-0.1, -0.05) is 48.9 Å². The van der Waals surface area contributed by atoms with Gasteiger partial charge < -0.3 is 24.3 Å². The quantitative estimate of drug-likeness (QED) is 0.242. The van der Waals surface area contributed by atoms with Crippen LogP contribution < -0.4 is 14.5 Å². The van der Waals surface area contributed by atoms with Gasteiger partial charge in [-0.3, -0.25) is 9.69 Å². The van der Waals surface area contributed by atoms with E-state index in [1.807, 2.05) is 12.1 Å². The van der Waals surface area contributed by atoms with E-state index in [-0.39, 0.29) is 24.6 Å². The second-order valence-corrected chi connectivity index (χ2v) is 12.6. The van der Waals surface area contributed by atoms with Gasteiger partial charge in [0.05, 0.1) is 17.3 Å². The number of ether oxygens (including phenoxy) is 1. The highest BCUT2D eigenvalue weighted by Crippen LogP contribution is 2.37. The van der Waals surface area contributed by atoms with Crippen LogP contribution in [0.4, 0.5) is 11.5 Å². The van der Waals surface area contributed by atoms with Gasteiger partial charge in [0.15, 0.2) is 0 Å². The smallest absolute Gasteiger partial charge is 0.318 e. The van der Waals surface area contributed by atoms with Crippen LogP contribution in [0.3, 0.4) is 0 Å². The van der Waals surface area contributed by atoms with E-state index >= 15 is 0 Å². The van der Waals surface area contributed by atoms with Crippen LogP contribution in [0.1, 0.15) is 37.4 Å². The number of piperazine rings is 1. The van der Waals surface area contributed by atoms with Crippen molar-refractivity contribution in [3.8, 4) is 6.01 Å². The van der Waals surface area contributed by atoms with Crippen molar-refractivity contribution < 1.29 is 9.53 Å². The molecule has 0 N–H and O–H groups in total. The number of anilines is 2. The van der Waals surface area contributed by atoms with Gasteiger partial charge in [-0.25, -0.2) is 6.57 Å². The number of hydrogen-bond donors (Lipinski definition) is 0. The zero-order valence-corrected chi connectivity index (χ0v) is 26.3. The third-order valence-corrected chi connectivity index (χ3v) is 9.60. The lowest BCUT2D eigenvalue weighted by Gasteiger charge is -2.41. The van der Waals surface area contributed by atoms with Gasteiger partial charge in [0.2, 0.25) is 12.5 Å². The molecule has 3 aromatic rings. The normalized spacial score (nSPS) is 19.3. The van der Waals surface area contributed by atoms with E-state index in [0.29, 0.717) is 38.2 Å². The van der Waals surface area contributed by atoms with Crippen molar-refractivity contribution in [2.24, 2.45) is 0 Å². The number of benzene rings is 2. The minimum Gasteiger partial charge on any atom is -0.459 e. The summed E-state index contributed by atoms with van der Waals surface area (Å²) in [6.45, 7) is 17.3. The SMILES string of the molecule is [C-]#[N+]C[C@H]1CN(c2nc(O[C@@H](C)CN(C)C3CCC3)nc3c2CCN(c2cccc4cccc(Cl)c24)C3)CCN1C(=O)C=C. The first-order valence-electron chi connectivity index (χ1n) is 15.6. The molecule has 6 rings (SSSR count). The average Bonchev–Trinajstić information content (AvgIpc) is 2.99. The highest BCUT2D eigenvalue weighted by molar-refractivity contribution is 6.36. The Morgan fingerprint density at radius 2 is 2.00 bits per heavy atom. The van der Waals surface area contributed by atoms with Gasteiger partial charge in [0.25, 0.3) is 0 Å². The number of nitrogens with zero attached hydrogens (tertiary/aromatic N) is 7. The summed E-state index contributed by atoms with van der Waals surface area (Å²) in [7, 11) is 2.16. The molecule has 2 atom stereocenters. The fraction of sp³-hybridized carbons (Fsp3) is 0.471. The molecule has 44 heavy (non-hydrogen) atoms. The molecular formula is C34H40ClN7O2. The van der Waals surface area contributed by atoms with Crippen LogP contribution in [0.15, 0.2) is 49.1 Å². The number of fused-ring (bicyclic) bond motifs is 2. The Balaban J connectivity index is 1.33. The summed E-state index contributed by atoms with van der Waals surface area (Å²) in [5, 5.41) is 2.89. The van der Waals surface area contributed by atoms with Crippen molar-refractivity contribution >= 4 is 39.8 Å². The molecule has 1 aromatic heterocycles. The molecule has 1 aliphatic carbocycles. The maximum Gasteiger partial charge on any atom is 0.318 e. The molecule has 1 amide bonds. The van der Waals surface area contributed by atoms with Crippen LogP contribution in [-0.2, 0) is 17.8 Å². The van der Waals surface area contributed by atoms with Crippen molar-refractivity contribution in [3.05, 3.63) is 76.8 Å². The van der Waals surface area contributed by atoms with Crippen LogP contribution in [0.2, 0.25) is 5.02 Å². The lowest BCUT2D eigenvalue weighted by Crippen LogP contribution is -2.56. The predicted octanol–water partition coefficient (Wildman–Crippen LogP) is 5.22. The third-order valence-electron chi connectivity index (χ3n) is 9.29. The minimum atomic E-state index is -0.241. The maximum absolute atomic E-state index is 12.6. The topological polar surface area (TPSA) is 69.4 Å². The van der Waals surface area contributed by atoms with E-state index < -0.39 is 0 Å². The molecule has 10 heteroatoms. The van der Waals surface area contributed by atoms with Gasteiger partial charge >= 0.3 is 6.01 Å². The zero-order chi connectivity index (χ0) is 30.8. The summed E-state index contributed by atoms with van der Waals surface area (Å²) in [6, 6.07) is 13.1. The van der Waals surface area contributed by atoms with Gasteiger partial charge in [0, 0.05) is 55.4 Å². The fourth-order valence-electron chi connectivity index (χ4n) is 6.76. The Hall–Kier alpha value is -3.87. The fourth-order valence-corrected chi connectivity index (χ4v) is 7.04. The molecule has 3 aliphatic rings. The monoisotopic (exact) mass is 613 g/mol.